The van der Waals surface area contributed by atoms with Crippen molar-refractivity contribution < 1.29 is 13.2 Å². The van der Waals surface area contributed by atoms with Crippen molar-refractivity contribution in [3.63, 3.8) is 0 Å². The minimum absolute atomic E-state index is 0.0154. The van der Waals surface area contributed by atoms with Crippen molar-refractivity contribution in [3.8, 4) is 11.3 Å². The summed E-state index contributed by atoms with van der Waals surface area (Å²) < 4.78 is 41.3. The molecule has 0 amide bonds. The Labute approximate surface area is 125 Å². The van der Waals surface area contributed by atoms with Gasteiger partial charge in [0.25, 0.3) is 5.56 Å². The Morgan fingerprint density at radius 1 is 1.27 bits per heavy atom. The maximum absolute atomic E-state index is 13.4. The van der Waals surface area contributed by atoms with Crippen molar-refractivity contribution in [1.29, 1.82) is 0 Å². The summed E-state index contributed by atoms with van der Waals surface area (Å²) >= 11 is 0. The third-order valence-electron chi connectivity index (χ3n) is 3.62. The van der Waals surface area contributed by atoms with E-state index in [9.17, 15) is 18.0 Å². The number of nitrogens with zero attached hydrogens (tertiary/aromatic N) is 3. The van der Waals surface area contributed by atoms with Crippen molar-refractivity contribution in [2.24, 2.45) is 0 Å². The molecule has 0 spiro atoms. The van der Waals surface area contributed by atoms with Crippen LogP contribution in [0.3, 0.4) is 0 Å². The van der Waals surface area contributed by atoms with Gasteiger partial charge in [-0.1, -0.05) is 6.92 Å². The number of rotatable bonds is 3. The second-order valence-corrected chi connectivity index (χ2v) is 4.81. The fourth-order valence-electron chi connectivity index (χ4n) is 2.70. The van der Waals surface area contributed by atoms with E-state index in [1.165, 1.54) is 12.5 Å². The Bertz CT molecular complexity index is 736. The number of pyridine rings is 1. The zero-order chi connectivity index (χ0) is 16.5. The smallest absolute Gasteiger partial charge is 0.312 e. The summed E-state index contributed by atoms with van der Waals surface area (Å²) in [4.78, 5) is 20.1. The van der Waals surface area contributed by atoms with E-state index in [2.05, 4.69) is 9.97 Å². The fourth-order valence-corrected chi connectivity index (χ4v) is 2.70. The summed E-state index contributed by atoms with van der Waals surface area (Å²) in [6.45, 7) is 5.05. The van der Waals surface area contributed by atoms with Crippen LogP contribution in [0.15, 0.2) is 23.4 Å². The van der Waals surface area contributed by atoms with Crippen LogP contribution < -0.4 is 5.56 Å². The van der Waals surface area contributed by atoms with Gasteiger partial charge >= 0.3 is 6.18 Å². The molecule has 0 bridgehead atoms. The van der Waals surface area contributed by atoms with Crippen molar-refractivity contribution in [1.82, 2.24) is 14.5 Å². The van der Waals surface area contributed by atoms with Crippen molar-refractivity contribution in [2.75, 3.05) is 0 Å². The SMILES string of the molecule is CCc1c(-c2ccncn2)c(C)n(CC)c(=O)c1C(F)(F)F. The highest BCUT2D eigenvalue weighted by molar-refractivity contribution is 5.68. The highest BCUT2D eigenvalue weighted by Crippen LogP contribution is 2.35. The lowest BCUT2D eigenvalue weighted by atomic mass is 9.95. The van der Waals surface area contributed by atoms with Gasteiger partial charge < -0.3 is 4.57 Å². The number of hydrogen-bond donors (Lipinski definition) is 0. The second-order valence-electron chi connectivity index (χ2n) is 4.81. The molecule has 0 saturated carbocycles. The zero-order valence-electron chi connectivity index (χ0n) is 12.5. The molecule has 0 fully saturated rings. The van der Waals surface area contributed by atoms with Gasteiger partial charge in [0.15, 0.2) is 0 Å². The van der Waals surface area contributed by atoms with Gasteiger partial charge in [-0.25, -0.2) is 9.97 Å². The van der Waals surface area contributed by atoms with E-state index in [-0.39, 0.29) is 18.5 Å². The average molecular weight is 311 g/mol. The predicted molar refractivity (Wildman–Crippen MR) is 76.5 cm³/mol. The van der Waals surface area contributed by atoms with Crippen LogP contribution in [0.25, 0.3) is 11.3 Å². The molecule has 0 N–H and O–H groups in total. The van der Waals surface area contributed by atoms with Crippen LogP contribution in [0.4, 0.5) is 13.2 Å². The van der Waals surface area contributed by atoms with Crippen LogP contribution in [0.2, 0.25) is 0 Å². The van der Waals surface area contributed by atoms with E-state index >= 15 is 0 Å². The third-order valence-corrected chi connectivity index (χ3v) is 3.62. The van der Waals surface area contributed by atoms with Crippen LogP contribution >= 0.6 is 0 Å². The molecule has 0 saturated heterocycles. The molecule has 118 valence electrons. The van der Waals surface area contributed by atoms with Gasteiger partial charge in [0.05, 0.1) is 5.69 Å². The molecule has 2 aromatic rings. The van der Waals surface area contributed by atoms with Gasteiger partial charge in [0, 0.05) is 24.0 Å². The molecule has 0 radical (unpaired) electrons. The highest BCUT2D eigenvalue weighted by Gasteiger charge is 2.39. The standard InChI is InChI=1S/C15H16F3N3O/c1-4-10-12(11-6-7-19-8-20-11)9(3)21(5-2)14(22)13(10)15(16,17)18/h6-8H,4-5H2,1-3H3. The van der Waals surface area contributed by atoms with E-state index in [1.54, 1.807) is 26.8 Å². The second kappa shape index (κ2) is 5.90. The zero-order valence-corrected chi connectivity index (χ0v) is 12.5. The molecule has 2 heterocycles. The number of hydrogen-bond acceptors (Lipinski definition) is 3. The number of halogens is 3. The van der Waals surface area contributed by atoms with E-state index in [1.807, 2.05) is 0 Å². The van der Waals surface area contributed by atoms with Gasteiger partial charge in [-0.3, -0.25) is 4.79 Å². The molecule has 7 heteroatoms. The quantitative estimate of drug-likeness (QED) is 0.874. The van der Waals surface area contributed by atoms with Crippen LogP contribution in [0, 0.1) is 6.92 Å². The van der Waals surface area contributed by atoms with Crippen molar-refractivity contribution in [3.05, 3.63) is 45.8 Å². The lowest BCUT2D eigenvalue weighted by Gasteiger charge is -2.21. The Morgan fingerprint density at radius 3 is 2.41 bits per heavy atom. The van der Waals surface area contributed by atoms with Crippen LogP contribution in [-0.2, 0) is 19.1 Å². The summed E-state index contributed by atoms with van der Waals surface area (Å²) in [5.41, 5.74) is -0.886. The monoisotopic (exact) mass is 311 g/mol. The summed E-state index contributed by atoms with van der Waals surface area (Å²) in [6.07, 6.45) is -1.86. The van der Waals surface area contributed by atoms with Crippen LogP contribution in [-0.4, -0.2) is 14.5 Å². The topological polar surface area (TPSA) is 47.8 Å². The van der Waals surface area contributed by atoms with E-state index < -0.39 is 17.3 Å². The predicted octanol–water partition coefficient (Wildman–Crippen LogP) is 3.21. The van der Waals surface area contributed by atoms with E-state index in [0.717, 1.165) is 4.57 Å². The Kier molecular flexibility index (Phi) is 4.35. The first kappa shape index (κ1) is 16.2. The van der Waals surface area contributed by atoms with E-state index in [4.69, 9.17) is 0 Å². The first-order chi connectivity index (χ1) is 10.3. The maximum Gasteiger partial charge on any atom is 0.422 e. The molecule has 0 atom stereocenters. The molecule has 0 aliphatic rings. The van der Waals surface area contributed by atoms with Crippen molar-refractivity contribution in [2.45, 2.75) is 39.9 Å². The molecule has 22 heavy (non-hydrogen) atoms. The minimum atomic E-state index is -4.70. The Morgan fingerprint density at radius 2 is 1.95 bits per heavy atom. The van der Waals surface area contributed by atoms with Gasteiger partial charge in [-0.2, -0.15) is 13.2 Å². The summed E-state index contributed by atoms with van der Waals surface area (Å²) in [5.74, 6) is 0. The normalized spacial score (nSPS) is 11.7. The Balaban J connectivity index is 2.98. The van der Waals surface area contributed by atoms with Gasteiger partial charge in [-0.05, 0) is 31.9 Å². The third kappa shape index (κ3) is 2.63. The van der Waals surface area contributed by atoms with Crippen molar-refractivity contribution >= 4 is 0 Å². The molecule has 2 aromatic heterocycles. The first-order valence-electron chi connectivity index (χ1n) is 6.92. The number of aromatic nitrogens is 3. The molecular weight excluding hydrogens is 295 g/mol. The lowest BCUT2D eigenvalue weighted by Crippen LogP contribution is -2.32. The van der Waals surface area contributed by atoms with Crippen LogP contribution in [0.1, 0.15) is 30.7 Å². The minimum Gasteiger partial charge on any atom is -0.312 e. The molecule has 4 nitrogen and oxygen atoms in total. The molecule has 0 aromatic carbocycles. The molecule has 0 unspecified atom stereocenters. The maximum atomic E-state index is 13.4. The first-order valence-corrected chi connectivity index (χ1v) is 6.92. The van der Waals surface area contributed by atoms with Gasteiger partial charge in [0.1, 0.15) is 11.9 Å². The fraction of sp³-hybridized carbons (Fsp3) is 0.400. The summed E-state index contributed by atoms with van der Waals surface area (Å²) in [7, 11) is 0. The largest absolute Gasteiger partial charge is 0.422 e. The summed E-state index contributed by atoms with van der Waals surface area (Å²) in [6, 6.07) is 1.55. The molecular formula is C15H16F3N3O. The van der Waals surface area contributed by atoms with Crippen LogP contribution in [0.5, 0.6) is 0 Å². The summed E-state index contributed by atoms with van der Waals surface area (Å²) in [5, 5.41) is 0. The molecule has 0 aliphatic heterocycles. The highest BCUT2D eigenvalue weighted by atomic mass is 19.4. The van der Waals surface area contributed by atoms with E-state index in [0.29, 0.717) is 17.0 Å². The number of alkyl halides is 3. The lowest BCUT2D eigenvalue weighted by molar-refractivity contribution is -0.139. The molecule has 0 aliphatic carbocycles. The van der Waals surface area contributed by atoms with Gasteiger partial charge in [0.2, 0.25) is 0 Å². The van der Waals surface area contributed by atoms with Gasteiger partial charge in [-0.15, -0.1) is 0 Å². The Hall–Kier alpha value is -2.18. The molecule has 2 rings (SSSR count). The average Bonchev–Trinajstić information content (AvgIpc) is 2.46.